The van der Waals surface area contributed by atoms with E-state index >= 15 is 0 Å². The molecule has 0 bridgehead atoms. The van der Waals surface area contributed by atoms with Crippen LogP contribution in [0.3, 0.4) is 0 Å². The molecular formula is C20H29N2+. The summed E-state index contributed by atoms with van der Waals surface area (Å²) in [6.45, 7) is 9.89. The summed E-state index contributed by atoms with van der Waals surface area (Å²) in [7, 11) is 2.48. The first kappa shape index (κ1) is 14.3. The molecule has 3 atom stereocenters. The van der Waals surface area contributed by atoms with Crippen LogP contribution in [0.15, 0.2) is 24.3 Å². The Labute approximate surface area is 134 Å². The normalized spacial score (nSPS) is 31.8. The van der Waals surface area contributed by atoms with Crippen LogP contribution in [0.25, 0.3) is 10.9 Å². The van der Waals surface area contributed by atoms with Crippen LogP contribution in [0.5, 0.6) is 0 Å². The molecule has 118 valence electrons. The minimum Gasteiger partial charge on any atom is -0.353 e. The number of para-hydroxylation sites is 1. The van der Waals surface area contributed by atoms with Crippen LogP contribution in [-0.2, 0) is 6.42 Å². The molecule has 2 heteroatoms. The van der Waals surface area contributed by atoms with Crippen molar-refractivity contribution in [1.82, 2.24) is 4.98 Å². The Morgan fingerprint density at radius 1 is 1.14 bits per heavy atom. The van der Waals surface area contributed by atoms with Crippen molar-refractivity contribution in [2.75, 3.05) is 20.1 Å². The van der Waals surface area contributed by atoms with E-state index in [-0.39, 0.29) is 0 Å². The zero-order valence-corrected chi connectivity index (χ0v) is 14.4. The summed E-state index contributed by atoms with van der Waals surface area (Å²) in [6, 6.07) is 9.52. The number of hydrogen-bond acceptors (Lipinski definition) is 0. The van der Waals surface area contributed by atoms with Gasteiger partial charge in [-0.25, -0.2) is 0 Å². The molecule has 0 spiro atoms. The Bertz CT molecular complexity index is 706. The third kappa shape index (κ3) is 2.04. The average Bonchev–Trinajstić information content (AvgIpc) is 2.84. The smallest absolute Gasteiger partial charge is 0.130 e. The third-order valence-electron chi connectivity index (χ3n) is 6.53. The van der Waals surface area contributed by atoms with Crippen molar-refractivity contribution >= 4 is 10.9 Å². The van der Waals surface area contributed by atoms with E-state index in [1.165, 1.54) is 47.7 Å². The Hall–Kier alpha value is -1.28. The van der Waals surface area contributed by atoms with Crippen molar-refractivity contribution in [3.63, 3.8) is 0 Å². The molecule has 2 nitrogen and oxygen atoms in total. The second-order valence-corrected chi connectivity index (χ2v) is 8.84. The fraction of sp³-hybridized carbons (Fsp3) is 0.600. The summed E-state index contributed by atoms with van der Waals surface area (Å²) < 4.78 is 1.24. The van der Waals surface area contributed by atoms with E-state index < -0.39 is 0 Å². The lowest BCUT2D eigenvalue weighted by molar-refractivity contribution is -0.948. The molecule has 1 saturated heterocycles. The molecule has 1 aromatic carbocycles. The highest BCUT2D eigenvalue weighted by molar-refractivity contribution is 5.85. The summed E-state index contributed by atoms with van der Waals surface area (Å²) in [4.78, 5) is 3.80. The minimum absolute atomic E-state index is 0.425. The third-order valence-corrected chi connectivity index (χ3v) is 6.53. The number of piperidine rings is 1. The van der Waals surface area contributed by atoms with Gasteiger partial charge in [0.15, 0.2) is 0 Å². The number of nitrogens with one attached hydrogen (secondary N) is 1. The number of fused-ring (bicyclic) bond motifs is 5. The summed E-state index contributed by atoms with van der Waals surface area (Å²) in [6.07, 6.45) is 3.94. The molecule has 2 aliphatic heterocycles. The topological polar surface area (TPSA) is 15.8 Å². The van der Waals surface area contributed by atoms with Gasteiger partial charge in [-0.1, -0.05) is 39.0 Å². The van der Waals surface area contributed by atoms with Crippen molar-refractivity contribution in [3.8, 4) is 0 Å². The van der Waals surface area contributed by atoms with Gasteiger partial charge < -0.3 is 9.47 Å². The molecule has 4 rings (SSSR count). The summed E-state index contributed by atoms with van der Waals surface area (Å²) in [5, 5.41) is 1.46. The van der Waals surface area contributed by atoms with Crippen LogP contribution < -0.4 is 0 Å². The molecule has 0 aliphatic carbocycles. The zero-order valence-electron chi connectivity index (χ0n) is 14.4. The summed E-state index contributed by atoms with van der Waals surface area (Å²) in [5.41, 5.74) is 4.91. The van der Waals surface area contributed by atoms with Crippen LogP contribution in [0.1, 0.15) is 50.9 Å². The van der Waals surface area contributed by atoms with Crippen LogP contribution >= 0.6 is 0 Å². The molecule has 1 aromatic heterocycles. The number of H-pyrrole nitrogens is 1. The van der Waals surface area contributed by atoms with Crippen molar-refractivity contribution < 1.29 is 4.48 Å². The first-order valence-corrected chi connectivity index (χ1v) is 8.82. The number of hydrogen-bond donors (Lipinski definition) is 1. The molecule has 0 amide bonds. The fourth-order valence-electron chi connectivity index (χ4n) is 4.87. The molecule has 0 radical (unpaired) electrons. The van der Waals surface area contributed by atoms with Crippen LogP contribution in [0.4, 0.5) is 0 Å². The van der Waals surface area contributed by atoms with Gasteiger partial charge in [0.1, 0.15) is 6.04 Å². The van der Waals surface area contributed by atoms with Gasteiger partial charge in [0.25, 0.3) is 0 Å². The zero-order chi connectivity index (χ0) is 15.5. The molecular weight excluding hydrogens is 268 g/mol. The molecule has 0 saturated carbocycles. The Morgan fingerprint density at radius 3 is 2.68 bits per heavy atom. The van der Waals surface area contributed by atoms with Gasteiger partial charge >= 0.3 is 0 Å². The van der Waals surface area contributed by atoms with E-state index in [9.17, 15) is 0 Å². The number of aromatic nitrogens is 1. The first-order valence-electron chi connectivity index (χ1n) is 8.82. The largest absolute Gasteiger partial charge is 0.353 e. The van der Waals surface area contributed by atoms with Crippen molar-refractivity contribution in [1.29, 1.82) is 0 Å². The van der Waals surface area contributed by atoms with E-state index in [0.717, 1.165) is 5.92 Å². The maximum absolute atomic E-state index is 3.80. The van der Waals surface area contributed by atoms with Gasteiger partial charge in [-0.2, -0.15) is 0 Å². The lowest BCUT2D eigenvalue weighted by atomic mass is 9.71. The number of aromatic amines is 1. The van der Waals surface area contributed by atoms with Gasteiger partial charge in [-0.15, -0.1) is 0 Å². The number of likely N-dealkylation sites (N-methyl/N-ethyl adjacent to an activating group) is 1. The second kappa shape index (κ2) is 4.61. The second-order valence-electron chi connectivity index (χ2n) is 8.84. The molecule has 0 unspecified atom stereocenters. The van der Waals surface area contributed by atoms with E-state index in [4.69, 9.17) is 0 Å². The number of quaternary nitrogens is 1. The van der Waals surface area contributed by atoms with Crippen molar-refractivity contribution in [2.45, 2.75) is 46.1 Å². The maximum Gasteiger partial charge on any atom is 0.130 e. The van der Waals surface area contributed by atoms with Crippen LogP contribution in [0.2, 0.25) is 0 Å². The molecule has 2 aromatic rings. The molecule has 2 aliphatic rings. The predicted octanol–water partition coefficient (Wildman–Crippen LogP) is 4.67. The minimum atomic E-state index is 0.425. The van der Waals surface area contributed by atoms with E-state index in [0.29, 0.717) is 11.5 Å². The highest BCUT2D eigenvalue weighted by Crippen LogP contribution is 2.48. The SMILES string of the molecule is CC(C)(C)[C@H]1CC[N@+]2(C)CCc3c([nH]c4ccccc34)[C@@H]2C1. The first-order chi connectivity index (χ1) is 10.4. The van der Waals surface area contributed by atoms with Crippen LogP contribution in [0, 0.1) is 11.3 Å². The van der Waals surface area contributed by atoms with E-state index in [1.54, 1.807) is 11.3 Å². The lowest BCUT2D eigenvalue weighted by Crippen LogP contribution is -2.56. The van der Waals surface area contributed by atoms with Crippen molar-refractivity contribution in [2.24, 2.45) is 11.3 Å². The Balaban J connectivity index is 1.80. The lowest BCUT2D eigenvalue weighted by Gasteiger charge is -2.51. The standard InChI is InChI=1S/C20H29N2/c1-20(2,3)14-9-11-22(4)12-10-16-15-7-5-6-8-17(15)21-19(16)18(22)13-14/h5-8,14,18,21H,9-13H2,1-4H3/q+1/t14-,18-,22+/m0/s1. The average molecular weight is 297 g/mol. The highest BCUT2D eigenvalue weighted by atomic mass is 15.4. The van der Waals surface area contributed by atoms with Crippen LogP contribution in [-0.4, -0.2) is 29.6 Å². The quantitative estimate of drug-likeness (QED) is 0.680. The number of benzene rings is 1. The fourth-order valence-corrected chi connectivity index (χ4v) is 4.87. The summed E-state index contributed by atoms with van der Waals surface area (Å²) in [5.74, 6) is 0.834. The number of rotatable bonds is 0. The van der Waals surface area contributed by atoms with Gasteiger partial charge in [0, 0.05) is 30.2 Å². The van der Waals surface area contributed by atoms with Gasteiger partial charge in [0.2, 0.25) is 0 Å². The highest BCUT2D eigenvalue weighted by Gasteiger charge is 2.47. The van der Waals surface area contributed by atoms with E-state index in [2.05, 4.69) is 57.1 Å². The molecule has 22 heavy (non-hydrogen) atoms. The monoisotopic (exact) mass is 297 g/mol. The summed E-state index contributed by atoms with van der Waals surface area (Å²) >= 11 is 0. The van der Waals surface area contributed by atoms with Gasteiger partial charge in [-0.3, -0.25) is 0 Å². The Morgan fingerprint density at radius 2 is 1.91 bits per heavy atom. The predicted molar refractivity (Wildman–Crippen MR) is 92.8 cm³/mol. The Kier molecular flexibility index (Phi) is 3.00. The molecule has 1 N–H and O–H groups in total. The van der Waals surface area contributed by atoms with Gasteiger partial charge in [-0.05, 0) is 23.0 Å². The van der Waals surface area contributed by atoms with Crippen molar-refractivity contribution in [3.05, 3.63) is 35.5 Å². The maximum atomic E-state index is 3.80. The van der Waals surface area contributed by atoms with Gasteiger partial charge in [0.05, 0.1) is 25.8 Å². The molecule has 3 heterocycles. The molecule has 1 fully saturated rings. The number of nitrogens with zero attached hydrogens (tertiary/aromatic N) is 1. The van der Waals surface area contributed by atoms with E-state index in [1.807, 2.05) is 0 Å².